The monoisotopic (exact) mass is 243 g/mol. The minimum Gasteiger partial charge on any atom is -0.351 e. The van der Waals surface area contributed by atoms with E-state index in [1.165, 1.54) is 0 Å². The molecule has 0 aromatic carbocycles. The predicted octanol–water partition coefficient (Wildman–Crippen LogP) is 0.722. The summed E-state index contributed by atoms with van der Waals surface area (Å²) >= 11 is 2.90. The largest absolute Gasteiger partial charge is 0.351 e. The van der Waals surface area contributed by atoms with Crippen LogP contribution in [0.25, 0.3) is 0 Å². The summed E-state index contributed by atoms with van der Waals surface area (Å²) in [5.74, 6) is -1.47. The number of rotatable bonds is 5. The van der Waals surface area contributed by atoms with Gasteiger partial charge in [-0.25, -0.2) is 0 Å². The number of ketones is 1. The molecule has 0 atom stereocenters. The number of carbonyl (C=O) groups excluding carboxylic acids is 2. The molecule has 0 spiro atoms. The van der Waals surface area contributed by atoms with E-state index >= 15 is 0 Å². The van der Waals surface area contributed by atoms with E-state index in [9.17, 15) is 18.4 Å². The molecule has 0 aromatic heterocycles. The molecule has 0 aromatic rings. The number of alkyl halides is 3. The number of hydrogen-bond donors (Lipinski definition) is 1. The number of halogens is 3. The van der Waals surface area contributed by atoms with Crippen molar-refractivity contribution >= 4 is 27.6 Å². The van der Waals surface area contributed by atoms with Gasteiger partial charge < -0.3 is 5.32 Å². The molecule has 6 heteroatoms. The van der Waals surface area contributed by atoms with Gasteiger partial charge in [0, 0.05) is 13.0 Å². The molecule has 0 fully saturated rings. The highest BCUT2D eigenvalue weighted by Gasteiger charge is 2.13. The normalized spacial score (nSPS) is 10.0. The van der Waals surface area contributed by atoms with Crippen LogP contribution in [0.4, 0.5) is 8.78 Å². The molecule has 0 saturated carbocycles. The molecule has 0 aliphatic rings. The Morgan fingerprint density at radius 2 is 2.00 bits per heavy atom. The molecule has 0 unspecified atom stereocenters. The average molecular weight is 244 g/mol. The maximum Gasteiger partial charge on any atom is 0.315 e. The minimum atomic E-state index is -3.01. The highest BCUT2D eigenvalue weighted by atomic mass is 79.9. The third-order valence-electron chi connectivity index (χ3n) is 1.05. The fourth-order valence-corrected chi connectivity index (χ4v) is 0.749. The summed E-state index contributed by atoms with van der Waals surface area (Å²) in [6.07, 6.45) is -2.94. The van der Waals surface area contributed by atoms with Crippen LogP contribution in [0.2, 0.25) is 0 Å². The highest BCUT2D eigenvalue weighted by Crippen LogP contribution is 1.92. The average Bonchev–Trinajstić information content (AvgIpc) is 2.03. The molecule has 0 aliphatic heterocycles. The van der Waals surface area contributed by atoms with E-state index < -0.39 is 12.3 Å². The predicted molar refractivity (Wildman–Crippen MR) is 42.4 cm³/mol. The van der Waals surface area contributed by atoms with E-state index in [1.54, 1.807) is 0 Å². The van der Waals surface area contributed by atoms with Crippen molar-refractivity contribution in [3.05, 3.63) is 0 Å². The molecule has 0 saturated heterocycles. The minimum absolute atomic E-state index is 0.0341. The molecule has 1 amide bonds. The van der Waals surface area contributed by atoms with Crippen molar-refractivity contribution in [3.63, 3.8) is 0 Å². The van der Waals surface area contributed by atoms with Crippen LogP contribution in [0.5, 0.6) is 0 Å². The zero-order valence-electron chi connectivity index (χ0n) is 6.15. The summed E-state index contributed by atoms with van der Waals surface area (Å²) < 4.78 is 23.1. The van der Waals surface area contributed by atoms with Gasteiger partial charge in [0.15, 0.2) is 0 Å². The van der Waals surface area contributed by atoms with Crippen LogP contribution in [-0.2, 0) is 9.59 Å². The molecule has 70 valence electrons. The van der Waals surface area contributed by atoms with Crippen molar-refractivity contribution in [3.8, 4) is 0 Å². The Labute approximate surface area is 76.6 Å². The number of carbonyl (C=O) groups is 2. The number of Topliss-reactive ketones (excluding diaryl/α,β-unsaturated/α-hetero) is 1. The Morgan fingerprint density at radius 3 is 2.42 bits per heavy atom. The summed E-state index contributed by atoms with van der Waals surface area (Å²) in [6.45, 7) is -0.0341. The van der Waals surface area contributed by atoms with Crippen LogP contribution >= 0.6 is 15.9 Å². The first-order chi connectivity index (χ1) is 5.57. The molecular formula is C6H8BrF2NO2. The Hall–Kier alpha value is -0.520. The second-order valence-corrected chi connectivity index (χ2v) is 2.57. The lowest BCUT2D eigenvalue weighted by Gasteiger charge is -2.01. The van der Waals surface area contributed by atoms with Gasteiger partial charge in [0.05, 0.1) is 5.33 Å². The smallest absolute Gasteiger partial charge is 0.315 e. The first-order valence-electron chi connectivity index (χ1n) is 3.21. The molecule has 3 nitrogen and oxygen atoms in total. The standard InChI is InChI=1S/C6H8BrF2NO2/c7-3-4(11)1-2-10-6(12)5(8)9/h5H,1-3H2,(H,10,12). The molecule has 0 radical (unpaired) electrons. The topological polar surface area (TPSA) is 46.2 Å². The Bertz CT molecular complexity index is 175. The summed E-state index contributed by atoms with van der Waals surface area (Å²) in [5.41, 5.74) is 0. The van der Waals surface area contributed by atoms with Crippen LogP contribution in [0.3, 0.4) is 0 Å². The molecule has 1 N–H and O–H groups in total. The Morgan fingerprint density at radius 1 is 1.42 bits per heavy atom. The Kier molecular flexibility index (Phi) is 5.79. The first kappa shape index (κ1) is 11.5. The van der Waals surface area contributed by atoms with Gasteiger partial charge in [-0.1, -0.05) is 15.9 Å². The maximum absolute atomic E-state index is 11.5. The van der Waals surface area contributed by atoms with Crippen molar-refractivity contribution < 1.29 is 18.4 Å². The summed E-state index contributed by atoms with van der Waals surface area (Å²) in [6, 6.07) is 0. The summed E-state index contributed by atoms with van der Waals surface area (Å²) in [5, 5.41) is 2.09. The van der Waals surface area contributed by atoms with Crippen molar-refractivity contribution in [1.82, 2.24) is 5.32 Å². The van der Waals surface area contributed by atoms with Gasteiger partial charge in [-0.05, 0) is 0 Å². The second-order valence-electron chi connectivity index (χ2n) is 2.01. The Balaban J connectivity index is 3.44. The molecule has 0 rings (SSSR count). The highest BCUT2D eigenvalue weighted by molar-refractivity contribution is 9.09. The van der Waals surface area contributed by atoms with Gasteiger partial charge in [0.25, 0.3) is 5.91 Å². The fraction of sp³-hybridized carbons (Fsp3) is 0.667. The van der Waals surface area contributed by atoms with E-state index in [1.807, 2.05) is 5.32 Å². The maximum atomic E-state index is 11.5. The van der Waals surface area contributed by atoms with Crippen LogP contribution in [-0.4, -0.2) is 30.0 Å². The number of amides is 1. The SMILES string of the molecule is O=C(CBr)CCNC(=O)C(F)F. The summed E-state index contributed by atoms with van der Waals surface area (Å²) in [7, 11) is 0. The molecule has 0 aliphatic carbocycles. The number of hydrogen-bond acceptors (Lipinski definition) is 2. The molecular weight excluding hydrogens is 236 g/mol. The van der Waals surface area contributed by atoms with Crippen LogP contribution in [0, 0.1) is 0 Å². The lowest BCUT2D eigenvalue weighted by atomic mass is 10.3. The van der Waals surface area contributed by atoms with Crippen LogP contribution in [0.1, 0.15) is 6.42 Å². The summed E-state index contributed by atoms with van der Waals surface area (Å²) in [4.78, 5) is 20.8. The van der Waals surface area contributed by atoms with Gasteiger partial charge >= 0.3 is 6.43 Å². The van der Waals surface area contributed by atoms with E-state index in [4.69, 9.17) is 0 Å². The van der Waals surface area contributed by atoms with E-state index in [2.05, 4.69) is 15.9 Å². The van der Waals surface area contributed by atoms with E-state index in [-0.39, 0.29) is 24.1 Å². The van der Waals surface area contributed by atoms with Gasteiger partial charge in [-0.15, -0.1) is 0 Å². The third-order valence-corrected chi connectivity index (χ3v) is 1.68. The zero-order chi connectivity index (χ0) is 9.56. The van der Waals surface area contributed by atoms with Crippen molar-refractivity contribution in [2.45, 2.75) is 12.8 Å². The van der Waals surface area contributed by atoms with Crippen molar-refractivity contribution in [2.75, 3.05) is 11.9 Å². The quantitative estimate of drug-likeness (QED) is 0.724. The van der Waals surface area contributed by atoms with Gasteiger partial charge in [0.2, 0.25) is 0 Å². The molecule has 0 bridgehead atoms. The van der Waals surface area contributed by atoms with Crippen molar-refractivity contribution in [1.29, 1.82) is 0 Å². The van der Waals surface area contributed by atoms with Crippen LogP contribution in [0.15, 0.2) is 0 Å². The lowest BCUT2D eigenvalue weighted by Crippen LogP contribution is -2.31. The second kappa shape index (κ2) is 6.05. The van der Waals surface area contributed by atoms with E-state index in [0.29, 0.717) is 0 Å². The molecule has 12 heavy (non-hydrogen) atoms. The van der Waals surface area contributed by atoms with Crippen LogP contribution < -0.4 is 5.32 Å². The number of nitrogens with one attached hydrogen (secondary N) is 1. The molecule has 0 heterocycles. The first-order valence-corrected chi connectivity index (χ1v) is 4.33. The zero-order valence-corrected chi connectivity index (χ0v) is 7.74. The third kappa shape index (κ3) is 5.17. The van der Waals surface area contributed by atoms with Gasteiger partial charge in [0.1, 0.15) is 5.78 Å². The van der Waals surface area contributed by atoms with Gasteiger partial charge in [-0.2, -0.15) is 8.78 Å². The van der Waals surface area contributed by atoms with E-state index in [0.717, 1.165) is 0 Å². The lowest BCUT2D eigenvalue weighted by molar-refractivity contribution is -0.131. The fourth-order valence-electron chi connectivity index (χ4n) is 0.469. The van der Waals surface area contributed by atoms with Gasteiger partial charge in [-0.3, -0.25) is 9.59 Å². The van der Waals surface area contributed by atoms with Crippen molar-refractivity contribution in [2.24, 2.45) is 0 Å².